The van der Waals surface area contributed by atoms with Crippen molar-refractivity contribution in [3.05, 3.63) is 71.3 Å². The standard InChI is InChI=1S/C39H47NO3/c1-3-5-7-9-11-12-14-18-28-26-33(38(41)40-25-15-13-10-8-6-4-2)36-32(39(42)43)24-23-30-29-21-16-19-27-20-17-22-31(34(27)29)35(28)37(30)36/h16-17,19-24,26H,3-15,18,25H2,1-2H3,(H,40,41)(H,42,43). The van der Waals surface area contributed by atoms with Crippen molar-refractivity contribution < 1.29 is 14.7 Å². The number of nitrogens with one attached hydrogen (secondary N) is 1. The average molecular weight is 578 g/mol. The Bertz CT molecular complexity index is 1700. The number of carboxylic acid groups (broad SMARTS) is 1. The zero-order valence-corrected chi connectivity index (χ0v) is 26.1. The maximum atomic E-state index is 13.9. The Hall–Kier alpha value is -3.66. The molecule has 43 heavy (non-hydrogen) atoms. The highest BCUT2D eigenvalue weighted by atomic mass is 16.4. The summed E-state index contributed by atoms with van der Waals surface area (Å²) in [4.78, 5) is 26.5. The summed E-state index contributed by atoms with van der Waals surface area (Å²) in [5.74, 6) is -1.17. The smallest absolute Gasteiger partial charge is 0.336 e. The number of unbranched alkanes of at least 4 members (excludes halogenated alkanes) is 11. The lowest BCUT2D eigenvalue weighted by Gasteiger charge is -2.21. The van der Waals surface area contributed by atoms with Gasteiger partial charge in [-0.1, -0.05) is 127 Å². The molecular formula is C39H47NO3. The minimum Gasteiger partial charge on any atom is -0.478 e. The van der Waals surface area contributed by atoms with Crippen LogP contribution in [0.5, 0.6) is 0 Å². The monoisotopic (exact) mass is 577 g/mol. The highest BCUT2D eigenvalue weighted by Gasteiger charge is 2.24. The molecule has 5 rings (SSSR count). The Balaban J connectivity index is 1.60. The second kappa shape index (κ2) is 14.7. The van der Waals surface area contributed by atoms with Gasteiger partial charge in [-0.3, -0.25) is 4.79 Å². The van der Waals surface area contributed by atoms with Gasteiger partial charge in [0.05, 0.1) is 5.56 Å². The summed E-state index contributed by atoms with van der Waals surface area (Å²) < 4.78 is 0. The number of fused-ring (bicyclic) bond motifs is 2. The van der Waals surface area contributed by atoms with E-state index in [4.69, 9.17) is 0 Å². The molecule has 0 heterocycles. The zero-order valence-electron chi connectivity index (χ0n) is 26.1. The fourth-order valence-electron chi connectivity index (χ4n) is 6.96. The van der Waals surface area contributed by atoms with Gasteiger partial charge in [-0.05, 0) is 74.7 Å². The predicted octanol–water partition coefficient (Wildman–Crippen LogP) is 10.8. The molecule has 0 spiro atoms. The lowest BCUT2D eigenvalue weighted by atomic mass is 9.83. The number of rotatable bonds is 17. The highest BCUT2D eigenvalue weighted by Crippen LogP contribution is 2.44. The first kappa shape index (κ1) is 30.8. The maximum Gasteiger partial charge on any atom is 0.336 e. The van der Waals surface area contributed by atoms with E-state index >= 15 is 0 Å². The third kappa shape index (κ3) is 6.64. The van der Waals surface area contributed by atoms with Crippen LogP contribution in [0.1, 0.15) is 124 Å². The van der Waals surface area contributed by atoms with Gasteiger partial charge in [-0.2, -0.15) is 0 Å². The molecule has 0 fully saturated rings. The topological polar surface area (TPSA) is 66.4 Å². The van der Waals surface area contributed by atoms with Gasteiger partial charge in [-0.15, -0.1) is 0 Å². The molecule has 0 bridgehead atoms. The lowest BCUT2D eigenvalue weighted by molar-refractivity contribution is 0.0699. The van der Waals surface area contributed by atoms with Crippen molar-refractivity contribution in [3.63, 3.8) is 0 Å². The van der Waals surface area contributed by atoms with E-state index in [1.165, 1.54) is 68.6 Å². The first-order chi connectivity index (χ1) is 21.1. The molecule has 0 aliphatic rings. The van der Waals surface area contributed by atoms with E-state index in [1.54, 1.807) is 6.07 Å². The Kier molecular flexibility index (Phi) is 10.5. The lowest BCUT2D eigenvalue weighted by Crippen LogP contribution is -2.25. The van der Waals surface area contributed by atoms with Gasteiger partial charge in [0, 0.05) is 17.5 Å². The van der Waals surface area contributed by atoms with Crippen molar-refractivity contribution in [2.24, 2.45) is 0 Å². The van der Waals surface area contributed by atoms with Crippen LogP contribution in [0.4, 0.5) is 0 Å². The fraction of sp³-hybridized carbons (Fsp3) is 0.436. The number of amides is 1. The Morgan fingerprint density at radius 2 is 1.21 bits per heavy atom. The molecule has 0 saturated heterocycles. The van der Waals surface area contributed by atoms with Gasteiger partial charge in [0.15, 0.2) is 0 Å². The molecule has 0 aliphatic carbocycles. The molecule has 0 aliphatic heterocycles. The van der Waals surface area contributed by atoms with E-state index in [2.05, 4.69) is 55.6 Å². The number of aryl methyl sites for hydroxylation is 1. The van der Waals surface area contributed by atoms with Crippen molar-refractivity contribution >= 4 is 55.0 Å². The molecule has 2 N–H and O–H groups in total. The largest absolute Gasteiger partial charge is 0.478 e. The second-order valence-corrected chi connectivity index (χ2v) is 12.3. The molecule has 0 atom stereocenters. The van der Waals surface area contributed by atoms with Crippen LogP contribution in [0.15, 0.2) is 54.6 Å². The zero-order chi connectivity index (χ0) is 30.2. The quantitative estimate of drug-likeness (QED) is 0.0656. The minimum absolute atomic E-state index is 0.169. The number of hydrogen-bond donors (Lipinski definition) is 2. The van der Waals surface area contributed by atoms with E-state index in [-0.39, 0.29) is 11.5 Å². The number of carboxylic acids is 1. The molecule has 0 unspecified atom stereocenters. The molecule has 5 aromatic rings. The van der Waals surface area contributed by atoms with Crippen LogP contribution in [0.2, 0.25) is 0 Å². The van der Waals surface area contributed by atoms with Crippen LogP contribution in [0.3, 0.4) is 0 Å². The van der Waals surface area contributed by atoms with Gasteiger partial charge in [0.25, 0.3) is 5.91 Å². The van der Waals surface area contributed by atoms with Gasteiger partial charge in [0.1, 0.15) is 0 Å². The number of aromatic carboxylic acids is 1. The minimum atomic E-state index is -1.00. The number of benzene rings is 5. The summed E-state index contributed by atoms with van der Waals surface area (Å²) in [6.45, 7) is 5.06. The van der Waals surface area contributed by atoms with Gasteiger partial charge in [-0.25, -0.2) is 4.79 Å². The van der Waals surface area contributed by atoms with Crippen LogP contribution < -0.4 is 5.32 Å². The second-order valence-electron chi connectivity index (χ2n) is 12.3. The van der Waals surface area contributed by atoms with Crippen molar-refractivity contribution in [1.82, 2.24) is 5.32 Å². The Labute approximate surface area is 256 Å². The van der Waals surface area contributed by atoms with E-state index in [0.717, 1.165) is 64.6 Å². The first-order valence-electron chi connectivity index (χ1n) is 16.7. The number of carbonyl (C=O) groups is 2. The molecule has 0 saturated carbocycles. The van der Waals surface area contributed by atoms with Crippen LogP contribution in [0, 0.1) is 0 Å². The molecule has 4 heteroatoms. The summed E-state index contributed by atoms with van der Waals surface area (Å²) in [7, 11) is 0. The molecule has 4 nitrogen and oxygen atoms in total. The molecule has 226 valence electrons. The third-order valence-corrected chi connectivity index (χ3v) is 9.17. The number of carbonyl (C=O) groups excluding carboxylic acids is 1. The Morgan fingerprint density at radius 1 is 0.605 bits per heavy atom. The molecular weight excluding hydrogens is 530 g/mol. The Morgan fingerprint density at radius 3 is 1.88 bits per heavy atom. The third-order valence-electron chi connectivity index (χ3n) is 9.17. The van der Waals surface area contributed by atoms with E-state index < -0.39 is 5.97 Å². The summed E-state index contributed by atoms with van der Waals surface area (Å²) in [5, 5.41) is 21.7. The van der Waals surface area contributed by atoms with E-state index in [0.29, 0.717) is 17.5 Å². The summed E-state index contributed by atoms with van der Waals surface area (Å²) in [6, 6.07) is 18.4. The van der Waals surface area contributed by atoms with Crippen LogP contribution in [0.25, 0.3) is 43.1 Å². The first-order valence-corrected chi connectivity index (χ1v) is 16.7. The molecule has 5 aromatic carbocycles. The predicted molar refractivity (Wildman–Crippen MR) is 182 cm³/mol. The summed E-state index contributed by atoms with van der Waals surface area (Å²) >= 11 is 0. The van der Waals surface area contributed by atoms with Crippen LogP contribution in [-0.2, 0) is 6.42 Å². The maximum absolute atomic E-state index is 13.9. The van der Waals surface area contributed by atoms with Gasteiger partial charge >= 0.3 is 5.97 Å². The summed E-state index contributed by atoms with van der Waals surface area (Å²) in [6.07, 6.45) is 16.3. The van der Waals surface area contributed by atoms with Crippen LogP contribution >= 0.6 is 0 Å². The van der Waals surface area contributed by atoms with Crippen LogP contribution in [-0.4, -0.2) is 23.5 Å². The van der Waals surface area contributed by atoms with Crippen molar-refractivity contribution in [1.29, 1.82) is 0 Å². The SMILES string of the molecule is CCCCCCCCCc1cc(C(=O)NCCCCCCCC)c2c(C(=O)O)ccc3c4cccc5cccc(c1c23)c54. The average Bonchev–Trinajstić information content (AvgIpc) is 3.02. The van der Waals surface area contributed by atoms with Crippen molar-refractivity contribution in [3.8, 4) is 0 Å². The fourth-order valence-corrected chi connectivity index (χ4v) is 6.96. The van der Waals surface area contributed by atoms with Gasteiger partial charge < -0.3 is 10.4 Å². The van der Waals surface area contributed by atoms with E-state index in [1.807, 2.05) is 12.1 Å². The molecule has 0 radical (unpaired) electrons. The summed E-state index contributed by atoms with van der Waals surface area (Å²) in [5.41, 5.74) is 1.84. The van der Waals surface area contributed by atoms with Crippen molar-refractivity contribution in [2.75, 3.05) is 6.54 Å². The van der Waals surface area contributed by atoms with Crippen molar-refractivity contribution in [2.45, 2.75) is 104 Å². The highest BCUT2D eigenvalue weighted by molar-refractivity contribution is 6.36. The molecule has 0 aromatic heterocycles. The van der Waals surface area contributed by atoms with Gasteiger partial charge in [0.2, 0.25) is 0 Å². The molecule has 1 amide bonds. The number of hydrogen-bond acceptors (Lipinski definition) is 2. The van der Waals surface area contributed by atoms with E-state index in [9.17, 15) is 14.7 Å². The normalized spacial score (nSPS) is 11.8.